The van der Waals surface area contributed by atoms with E-state index in [4.69, 9.17) is 15.9 Å². The lowest BCUT2D eigenvalue weighted by Crippen LogP contribution is -2.53. The van der Waals surface area contributed by atoms with Gasteiger partial charge in [-0.3, -0.25) is 19.3 Å². The molecule has 2 N–H and O–H groups in total. The van der Waals surface area contributed by atoms with Gasteiger partial charge >= 0.3 is 0 Å². The minimum atomic E-state index is -0.797. The maximum atomic E-state index is 13.8. The van der Waals surface area contributed by atoms with Crippen molar-refractivity contribution in [2.75, 3.05) is 30.5 Å². The first kappa shape index (κ1) is 28.0. The number of fused-ring (bicyclic) bond motifs is 1. The summed E-state index contributed by atoms with van der Waals surface area (Å²) in [4.78, 5) is 41.7. The van der Waals surface area contributed by atoms with E-state index < -0.39 is 12.0 Å². The standard InChI is InChI=1S/C32H27N5O5/c1-4-14-42-26-7-5-6-22(16-26)30(38)21-8-11-25(12-9-21)37-20(2)19-36-29(32(37)40)27(18-34-36)31(39)35-24-10-13-28(41-3)23(15-24)17-33/h1,5-13,15-16,19,27,29,34H,14,18H2,2-3H3,(H,35,39)/t27-,29?/m0/s1. The average molecular weight is 562 g/mol. The Balaban J connectivity index is 1.33. The largest absolute Gasteiger partial charge is 0.495 e. The minimum absolute atomic E-state index is 0.100. The third-order valence-electron chi connectivity index (χ3n) is 7.06. The summed E-state index contributed by atoms with van der Waals surface area (Å²) in [6, 6.07) is 19.5. The Kier molecular flexibility index (Phi) is 7.91. The normalized spacial score (nSPS) is 17.4. The van der Waals surface area contributed by atoms with E-state index in [1.54, 1.807) is 78.8 Å². The second-order valence-corrected chi connectivity index (χ2v) is 9.68. The number of hydrogen-bond acceptors (Lipinski definition) is 8. The van der Waals surface area contributed by atoms with E-state index >= 15 is 0 Å². The van der Waals surface area contributed by atoms with E-state index in [0.717, 1.165) is 0 Å². The number of hydrogen-bond donors (Lipinski definition) is 2. The summed E-state index contributed by atoms with van der Waals surface area (Å²) in [6.45, 7) is 2.15. The average Bonchev–Trinajstić information content (AvgIpc) is 3.44. The highest BCUT2D eigenvalue weighted by molar-refractivity contribution is 6.10. The van der Waals surface area contributed by atoms with Gasteiger partial charge in [0.1, 0.15) is 30.2 Å². The van der Waals surface area contributed by atoms with Crippen molar-refractivity contribution in [3.8, 4) is 29.9 Å². The van der Waals surface area contributed by atoms with Gasteiger partial charge in [0.25, 0.3) is 5.91 Å². The van der Waals surface area contributed by atoms with Crippen LogP contribution >= 0.6 is 0 Å². The fourth-order valence-electron chi connectivity index (χ4n) is 5.05. The Morgan fingerprint density at radius 1 is 1.12 bits per heavy atom. The van der Waals surface area contributed by atoms with Crippen LogP contribution < -0.4 is 25.1 Å². The number of nitriles is 1. The first-order valence-electron chi connectivity index (χ1n) is 13.1. The monoisotopic (exact) mass is 561 g/mol. The van der Waals surface area contributed by atoms with E-state index in [2.05, 4.69) is 16.7 Å². The Bertz CT molecular complexity index is 1670. The second kappa shape index (κ2) is 11.9. The zero-order chi connectivity index (χ0) is 29.8. The molecular weight excluding hydrogens is 534 g/mol. The van der Waals surface area contributed by atoms with E-state index in [1.165, 1.54) is 18.1 Å². The molecule has 2 aliphatic rings. The first-order chi connectivity index (χ1) is 20.3. The maximum Gasteiger partial charge on any atom is 0.256 e. The third-order valence-corrected chi connectivity index (χ3v) is 7.06. The summed E-state index contributed by atoms with van der Waals surface area (Å²) >= 11 is 0. The number of hydrazine groups is 1. The van der Waals surface area contributed by atoms with Gasteiger partial charge < -0.3 is 19.8 Å². The molecule has 2 aliphatic heterocycles. The fraction of sp³-hybridized carbons (Fsp3) is 0.188. The van der Waals surface area contributed by atoms with Gasteiger partial charge in [-0.15, -0.1) is 6.42 Å². The number of terminal acetylenes is 1. The molecule has 0 spiro atoms. The Labute approximate surface area is 243 Å². The maximum absolute atomic E-state index is 13.8. The molecule has 5 rings (SSSR count). The Morgan fingerprint density at radius 2 is 1.90 bits per heavy atom. The number of nitrogens with zero attached hydrogens (tertiary/aromatic N) is 3. The van der Waals surface area contributed by atoms with E-state index in [9.17, 15) is 19.6 Å². The molecule has 10 nitrogen and oxygen atoms in total. The summed E-state index contributed by atoms with van der Waals surface area (Å²) in [5.41, 5.74) is 5.93. The summed E-state index contributed by atoms with van der Waals surface area (Å²) in [7, 11) is 1.46. The van der Waals surface area contributed by atoms with Gasteiger partial charge in [-0.1, -0.05) is 18.1 Å². The van der Waals surface area contributed by atoms with Crippen molar-refractivity contribution < 1.29 is 23.9 Å². The topological polar surface area (TPSA) is 124 Å². The number of amides is 2. The highest BCUT2D eigenvalue weighted by atomic mass is 16.5. The zero-order valence-electron chi connectivity index (χ0n) is 23.0. The molecule has 3 aromatic carbocycles. The number of methoxy groups -OCH3 is 1. The molecule has 0 aromatic heterocycles. The van der Waals surface area contributed by atoms with E-state index in [0.29, 0.717) is 39.7 Å². The molecule has 1 unspecified atom stereocenters. The van der Waals surface area contributed by atoms with Crippen LogP contribution in [0.2, 0.25) is 0 Å². The second-order valence-electron chi connectivity index (χ2n) is 9.68. The molecule has 2 amide bonds. The summed E-state index contributed by atoms with van der Waals surface area (Å²) in [5, 5.41) is 13.8. The third kappa shape index (κ3) is 5.39. The van der Waals surface area contributed by atoms with Crippen LogP contribution in [-0.2, 0) is 9.59 Å². The number of carbonyl (C=O) groups excluding carboxylic acids is 3. The van der Waals surface area contributed by atoms with Crippen LogP contribution in [0.1, 0.15) is 28.4 Å². The predicted octanol–water partition coefficient (Wildman–Crippen LogP) is 3.46. The lowest BCUT2D eigenvalue weighted by molar-refractivity contribution is -0.129. The molecule has 2 atom stereocenters. The minimum Gasteiger partial charge on any atom is -0.495 e. The Morgan fingerprint density at radius 3 is 2.62 bits per heavy atom. The van der Waals surface area contributed by atoms with Crippen LogP contribution in [0.3, 0.4) is 0 Å². The molecular formula is C32H27N5O5. The van der Waals surface area contributed by atoms with Gasteiger partial charge in [0.2, 0.25) is 5.91 Å². The Hall–Kier alpha value is -5.58. The smallest absolute Gasteiger partial charge is 0.256 e. The lowest BCUT2D eigenvalue weighted by atomic mass is 9.96. The van der Waals surface area contributed by atoms with Crippen LogP contribution in [0, 0.1) is 29.6 Å². The quantitative estimate of drug-likeness (QED) is 0.317. The number of benzene rings is 3. The predicted molar refractivity (Wildman–Crippen MR) is 155 cm³/mol. The highest BCUT2D eigenvalue weighted by Gasteiger charge is 2.47. The molecule has 0 saturated carbocycles. The fourth-order valence-corrected chi connectivity index (χ4v) is 5.05. The van der Waals surface area contributed by atoms with Gasteiger partial charge in [-0.25, -0.2) is 5.43 Å². The van der Waals surface area contributed by atoms with Crippen LogP contribution in [0.4, 0.5) is 11.4 Å². The SMILES string of the molecule is C#CCOc1cccc(C(=O)c2ccc(N3C(=O)C4[C@@H](C(=O)Nc5ccc(OC)c(C#N)c5)CNN4C=C3C)cc2)c1. The lowest BCUT2D eigenvalue weighted by Gasteiger charge is -2.36. The highest BCUT2D eigenvalue weighted by Crippen LogP contribution is 2.32. The molecule has 0 radical (unpaired) electrons. The molecule has 2 heterocycles. The molecule has 0 bridgehead atoms. The number of nitrogens with one attached hydrogen (secondary N) is 2. The number of ketones is 1. The number of carbonyl (C=O) groups is 3. The molecule has 210 valence electrons. The first-order valence-corrected chi connectivity index (χ1v) is 13.1. The molecule has 0 aliphatic carbocycles. The van der Waals surface area contributed by atoms with Gasteiger partial charge in [-0.05, 0) is 61.5 Å². The van der Waals surface area contributed by atoms with E-state index in [1.807, 2.05) is 6.07 Å². The van der Waals surface area contributed by atoms with Crippen molar-refractivity contribution in [3.05, 3.63) is 95.3 Å². The van der Waals surface area contributed by atoms with Crippen LogP contribution in [0.15, 0.2) is 78.6 Å². The van der Waals surface area contributed by atoms with Crippen molar-refractivity contribution in [1.82, 2.24) is 10.4 Å². The number of ether oxygens (including phenoxy) is 2. The number of anilines is 2. The van der Waals surface area contributed by atoms with Crippen LogP contribution in [0.5, 0.6) is 11.5 Å². The summed E-state index contributed by atoms with van der Waals surface area (Å²) < 4.78 is 10.6. The van der Waals surface area contributed by atoms with Gasteiger partial charge in [0, 0.05) is 40.9 Å². The molecule has 10 heteroatoms. The molecule has 42 heavy (non-hydrogen) atoms. The van der Waals surface area contributed by atoms with Gasteiger partial charge in [0.05, 0.1) is 18.6 Å². The van der Waals surface area contributed by atoms with Gasteiger partial charge in [0.15, 0.2) is 5.78 Å². The molecule has 1 fully saturated rings. The number of allylic oxidation sites excluding steroid dienone is 1. The van der Waals surface area contributed by atoms with Crippen LogP contribution in [0.25, 0.3) is 0 Å². The van der Waals surface area contributed by atoms with Crippen molar-refractivity contribution >= 4 is 29.0 Å². The summed E-state index contributed by atoms with van der Waals surface area (Å²) in [6.07, 6.45) is 7.03. The zero-order valence-corrected chi connectivity index (χ0v) is 23.0. The van der Waals surface area contributed by atoms with Crippen molar-refractivity contribution in [2.24, 2.45) is 5.92 Å². The van der Waals surface area contributed by atoms with Crippen molar-refractivity contribution in [2.45, 2.75) is 13.0 Å². The van der Waals surface area contributed by atoms with Crippen LogP contribution in [-0.4, -0.2) is 48.9 Å². The molecule has 3 aromatic rings. The van der Waals surface area contributed by atoms with Crippen molar-refractivity contribution in [1.29, 1.82) is 5.26 Å². The van der Waals surface area contributed by atoms with Gasteiger partial charge in [-0.2, -0.15) is 5.26 Å². The molecule has 1 saturated heterocycles. The summed E-state index contributed by atoms with van der Waals surface area (Å²) in [5.74, 6) is 1.74. The van der Waals surface area contributed by atoms with Crippen molar-refractivity contribution in [3.63, 3.8) is 0 Å². The number of rotatable bonds is 8. The van der Waals surface area contributed by atoms with E-state index in [-0.39, 0.29) is 36.3 Å².